The Labute approximate surface area is 122 Å². The predicted molar refractivity (Wildman–Crippen MR) is 78.3 cm³/mol. The van der Waals surface area contributed by atoms with Gasteiger partial charge in [0, 0.05) is 17.7 Å². The molecule has 1 heterocycles. The van der Waals surface area contributed by atoms with E-state index in [0.29, 0.717) is 23.3 Å². The molecule has 20 heavy (non-hydrogen) atoms. The van der Waals surface area contributed by atoms with Gasteiger partial charge in [0.1, 0.15) is 11.6 Å². The lowest BCUT2D eigenvalue weighted by Gasteiger charge is -2.13. The van der Waals surface area contributed by atoms with Crippen LogP contribution >= 0.6 is 11.8 Å². The first-order valence-electron chi connectivity index (χ1n) is 6.98. The van der Waals surface area contributed by atoms with Gasteiger partial charge >= 0.3 is 0 Å². The Bertz CT molecular complexity index is 605. The minimum absolute atomic E-state index is 0.155. The zero-order valence-corrected chi connectivity index (χ0v) is 12.5. The first-order valence-corrected chi connectivity index (χ1v) is 7.96. The van der Waals surface area contributed by atoms with E-state index in [0.717, 1.165) is 11.0 Å². The Kier molecular flexibility index (Phi) is 3.78. The highest BCUT2D eigenvalue weighted by atomic mass is 32.2. The number of benzene rings is 1. The van der Waals surface area contributed by atoms with E-state index in [1.165, 1.54) is 18.9 Å². The standard InChI is InChI=1S/C15H18FN3S/c1-10(2)19-14(11-7-8-11)17-18-15(19)20-9-12-5-3-4-6-13(12)16/h3-6,10-11H,7-9H2,1-2H3. The number of rotatable bonds is 5. The van der Waals surface area contributed by atoms with E-state index in [1.807, 2.05) is 12.1 Å². The largest absolute Gasteiger partial charge is 0.303 e. The highest BCUT2D eigenvalue weighted by molar-refractivity contribution is 7.98. The van der Waals surface area contributed by atoms with E-state index in [-0.39, 0.29) is 5.82 Å². The fourth-order valence-electron chi connectivity index (χ4n) is 2.25. The van der Waals surface area contributed by atoms with Gasteiger partial charge in [0.25, 0.3) is 0 Å². The molecule has 0 bridgehead atoms. The molecule has 2 aromatic rings. The first-order chi connectivity index (χ1) is 9.66. The highest BCUT2D eigenvalue weighted by Crippen LogP contribution is 2.41. The normalized spacial score (nSPS) is 15.0. The summed E-state index contributed by atoms with van der Waals surface area (Å²) < 4.78 is 15.8. The van der Waals surface area contributed by atoms with Crippen molar-refractivity contribution in [3.05, 3.63) is 41.5 Å². The maximum atomic E-state index is 13.6. The summed E-state index contributed by atoms with van der Waals surface area (Å²) in [7, 11) is 0. The number of nitrogens with zero attached hydrogens (tertiary/aromatic N) is 3. The molecule has 3 nitrogen and oxygen atoms in total. The van der Waals surface area contributed by atoms with Crippen LogP contribution in [0.3, 0.4) is 0 Å². The Morgan fingerprint density at radius 2 is 2.05 bits per heavy atom. The Balaban J connectivity index is 1.79. The minimum Gasteiger partial charge on any atom is -0.303 e. The van der Waals surface area contributed by atoms with Crippen LogP contribution in [0.2, 0.25) is 0 Å². The number of hydrogen-bond donors (Lipinski definition) is 0. The van der Waals surface area contributed by atoms with E-state index in [1.54, 1.807) is 17.8 Å². The molecule has 1 aliphatic rings. The fourth-order valence-corrected chi connectivity index (χ4v) is 3.31. The van der Waals surface area contributed by atoms with Gasteiger partial charge in [-0.1, -0.05) is 30.0 Å². The molecule has 0 N–H and O–H groups in total. The van der Waals surface area contributed by atoms with Crippen LogP contribution in [-0.2, 0) is 5.75 Å². The average molecular weight is 291 g/mol. The lowest BCUT2D eigenvalue weighted by Crippen LogP contribution is -2.07. The second kappa shape index (κ2) is 5.56. The molecule has 0 aliphatic heterocycles. The van der Waals surface area contributed by atoms with E-state index >= 15 is 0 Å². The third-order valence-electron chi connectivity index (χ3n) is 3.46. The van der Waals surface area contributed by atoms with Gasteiger partial charge in [-0.2, -0.15) is 0 Å². The Hall–Kier alpha value is -1.36. The molecule has 0 amide bonds. The maximum absolute atomic E-state index is 13.6. The lowest BCUT2D eigenvalue weighted by atomic mass is 10.2. The van der Waals surface area contributed by atoms with Crippen molar-refractivity contribution in [2.75, 3.05) is 0 Å². The number of thioether (sulfide) groups is 1. The molecule has 3 rings (SSSR count). The number of hydrogen-bond acceptors (Lipinski definition) is 3. The van der Waals surface area contributed by atoms with Gasteiger partial charge in [-0.05, 0) is 38.3 Å². The van der Waals surface area contributed by atoms with Gasteiger partial charge in [0.05, 0.1) is 0 Å². The Morgan fingerprint density at radius 3 is 2.70 bits per heavy atom. The molecular formula is C15H18FN3S. The van der Waals surface area contributed by atoms with Crippen LogP contribution in [0.25, 0.3) is 0 Å². The number of halogens is 1. The summed E-state index contributed by atoms with van der Waals surface area (Å²) in [6.07, 6.45) is 2.42. The zero-order valence-electron chi connectivity index (χ0n) is 11.7. The van der Waals surface area contributed by atoms with E-state index < -0.39 is 0 Å². The quantitative estimate of drug-likeness (QED) is 0.775. The van der Waals surface area contributed by atoms with Crippen molar-refractivity contribution < 1.29 is 4.39 Å². The molecule has 1 fully saturated rings. The SMILES string of the molecule is CC(C)n1c(SCc2ccccc2F)nnc1C1CC1. The molecule has 0 atom stereocenters. The first kappa shape index (κ1) is 13.6. The van der Waals surface area contributed by atoms with Crippen molar-refractivity contribution in [1.82, 2.24) is 14.8 Å². The van der Waals surface area contributed by atoms with Crippen LogP contribution in [-0.4, -0.2) is 14.8 Å². The average Bonchev–Trinajstić information content (AvgIpc) is 3.18. The molecule has 5 heteroatoms. The molecule has 1 aromatic carbocycles. The molecule has 1 saturated carbocycles. The Morgan fingerprint density at radius 1 is 1.30 bits per heavy atom. The van der Waals surface area contributed by atoms with Crippen molar-refractivity contribution in [3.8, 4) is 0 Å². The summed E-state index contributed by atoms with van der Waals surface area (Å²) in [6, 6.07) is 7.23. The molecular weight excluding hydrogens is 273 g/mol. The second-order valence-electron chi connectivity index (χ2n) is 5.46. The predicted octanol–water partition coefficient (Wildman–Crippen LogP) is 4.17. The van der Waals surface area contributed by atoms with Crippen molar-refractivity contribution in [2.24, 2.45) is 0 Å². The molecule has 106 valence electrons. The third kappa shape index (κ3) is 2.73. The van der Waals surface area contributed by atoms with E-state index in [4.69, 9.17) is 0 Å². The third-order valence-corrected chi connectivity index (χ3v) is 4.46. The van der Waals surface area contributed by atoms with Crippen LogP contribution < -0.4 is 0 Å². The van der Waals surface area contributed by atoms with Gasteiger partial charge in [-0.3, -0.25) is 0 Å². The van der Waals surface area contributed by atoms with Crippen molar-refractivity contribution in [3.63, 3.8) is 0 Å². The fraction of sp³-hybridized carbons (Fsp3) is 0.467. The summed E-state index contributed by atoms with van der Waals surface area (Å²) in [4.78, 5) is 0. The zero-order chi connectivity index (χ0) is 14.1. The second-order valence-corrected chi connectivity index (χ2v) is 6.40. The van der Waals surface area contributed by atoms with Crippen molar-refractivity contribution in [1.29, 1.82) is 0 Å². The van der Waals surface area contributed by atoms with Crippen molar-refractivity contribution in [2.45, 2.75) is 49.6 Å². The van der Waals surface area contributed by atoms with Crippen LogP contribution in [0.15, 0.2) is 29.4 Å². The van der Waals surface area contributed by atoms with E-state index in [2.05, 4.69) is 28.6 Å². The summed E-state index contributed by atoms with van der Waals surface area (Å²) in [5.41, 5.74) is 0.712. The van der Waals surface area contributed by atoms with Crippen LogP contribution in [0.5, 0.6) is 0 Å². The molecule has 1 aromatic heterocycles. The van der Waals surface area contributed by atoms with Crippen LogP contribution in [0, 0.1) is 5.82 Å². The molecule has 0 unspecified atom stereocenters. The van der Waals surface area contributed by atoms with Gasteiger partial charge in [-0.15, -0.1) is 10.2 Å². The van der Waals surface area contributed by atoms with E-state index in [9.17, 15) is 4.39 Å². The smallest absolute Gasteiger partial charge is 0.191 e. The summed E-state index contributed by atoms with van der Waals surface area (Å²) in [6.45, 7) is 4.28. The van der Waals surface area contributed by atoms with Crippen molar-refractivity contribution >= 4 is 11.8 Å². The summed E-state index contributed by atoms with van der Waals surface area (Å²) >= 11 is 1.56. The maximum Gasteiger partial charge on any atom is 0.191 e. The summed E-state index contributed by atoms with van der Waals surface area (Å²) in [5, 5.41) is 9.52. The highest BCUT2D eigenvalue weighted by Gasteiger charge is 2.31. The van der Waals surface area contributed by atoms with Gasteiger partial charge in [0.15, 0.2) is 5.16 Å². The van der Waals surface area contributed by atoms with Gasteiger partial charge < -0.3 is 4.57 Å². The van der Waals surface area contributed by atoms with Crippen LogP contribution in [0.4, 0.5) is 4.39 Å². The van der Waals surface area contributed by atoms with Crippen LogP contribution in [0.1, 0.15) is 50.0 Å². The number of aromatic nitrogens is 3. The van der Waals surface area contributed by atoms with Gasteiger partial charge in [0.2, 0.25) is 0 Å². The monoisotopic (exact) mass is 291 g/mol. The molecule has 0 saturated heterocycles. The molecule has 0 radical (unpaired) electrons. The topological polar surface area (TPSA) is 30.7 Å². The molecule has 1 aliphatic carbocycles. The summed E-state index contributed by atoms with van der Waals surface area (Å²) in [5.74, 6) is 2.10. The minimum atomic E-state index is -0.155. The lowest BCUT2D eigenvalue weighted by molar-refractivity contribution is 0.526. The molecule has 0 spiro atoms. The van der Waals surface area contributed by atoms with Gasteiger partial charge in [-0.25, -0.2) is 4.39 Å².